The Balaban J connectivity index is 2.20. The van der Waals surface area contributed by atoms with Gasteiger partial charge < -0.3 is 14.7 Å². The van der Waals surface area contributed by atoms with Crippen LogP contribution in [0.25, 0.3) is 22.2 Å². The SMILES string of the molecule is Cn1cnc(-c2coc3ccccc23)c1CCN. The summed E-state index contributed by atoms with van der Waals surface area (Å²) in [6.07, 6.45) is 4.40. The van der Waals surface area contributed by atoms with Crippen molar-refractivity contribution < 1.29 is 4.42 Å². The number of aryl methyl sites for hydroxylation is 1. The zero-order valence-electron chi connectivity index (χ0n) is 10.3. The van der Waals surface area contributed by atoms with E-state index in [2.05, 4.69) is 11.1 Å². The zero-order valence-corrected chi connectivity index (χ0v) is 10.3. The van der Waals surface area contributed by atoms with Crippen LogP contribution < -0.4 is 5.73 Å². The van der Waals surface area contributed by atoms with Crippen LogP contribution in [0.5, 0.6) is 0 Å². The van der Waals surface area contributed by atoms with Gasteiger partial charge in [-0.15, -0.1) is 0 Å². The molecule has 2 heterocycles. The van der Waals surface area contributed by atoms with Crippen molar-refractivity contribution in [3.8, 4) is 11.3 Å². The standard InChI is InChI=1S/C14H15N3O/c1-17-9-16-14(12(17)6-7-15)11-8-18-13-5-3-2-4-10(11)13/h2-5,8-9H,6-7,15H2,1H3. The van der Waals surface area contributed by atoms with Gasteiger partial charge in [0.05, 0.1) is 12.0 Å². The van der Waals surface area contributed by atoms with E-state index in [9.17, 15) is 0 Å². The molecule has 1 aromatic carbocycles. The molecule has 18 heavy (non-hydrogen) atoms. The van der Waals surface area contributed by atoms with Crippen molar-refractivity contribution >= 4 is 11.0 Å². The van der Waals surface area contributed by atoms with Gasteiger partial charge in [0.2, 0.25) is 0 Å². The van der Waals surface area contributed by atoms with E-state index in [4.69, 9.17) is 10.2 Å². The van der Waals surface area contributed by atoms with Crippen LogP contribution in [-0.4, -0.2) is 16.1 Å². The largest absolute Gasteiger partial charge is 0.464 e. The normalized spacial score (nSPS) is 11.2. The average Bonchev–Trinajstić information content (AvgIpc) is 2.95. The van der Waals surface area contributed by atoms with E-state index in [-0.39, 0.29) is 0 Å². The predicted octanol–water partition coefficient (Wildman–Crippen LogP) is 2.33. The Morgan fingerprint density at radius 1 is 1.33 bits per heavy atom. The van der Waals surface area contributed by atoms with Crippen LogP contribution in [-0.2, 0) is 13.5 Å². The maximum absolute atomic E-state index is 5.66. The van der Waals surface area contributed by atoms with Gasteiger partial charge in [-0.25, -0.2) is 4.98 Å². The third-order valence-corrected chi connectivity index (χ3v) is 3.18. The van der Waals surface area contributed by atoms with Crippen LogP contribution in [0.2, 0.25) is 0 Å². The highest BCUT2D eigenvalue weighted by molar-refractivity contribution is 5.93. The highest BCUT2D eigenvalue weighted by Crippen LogP contribution is 2.31. The molecule has 4 nitrogen and oxygen atoms in total. The van der Waals surface area contributed by atoms with E-state index in [1.54, 1.807) is 6.26 Å². The molecule has 2 N–H and O–H groups in total. The van der Waals surface area contributed by atoms with Gasteiger partial charge in [0, 0.05) is 30.1 Å². The maximum Gasteiger partial charge on any atom is 0.134 e. The van der Waals surface area contributed by atoms with Gasteiger partial charge in [-0.2, -0.15) is 0 Å². The molecule has 92 valence electrons. The fourth-order valence-corrected chi connectivity index (χ4v) is 2.27. The van der Waals surface area contributed by atoms with Gasteiger partial charge in [0.15, 0.2) is 0 Å². The maximum atomic E-state index is 5.66. The van der Waals surface area contributed by atoms with E-state index < -0.39 is 0 Å². The van der Waals surface area contributed by atoms with Gasteiger partial charge in [-0.1, -0.05) is 18.2 Å². The molecule has 0 fully saturated rings. The predicted molar refractivity (Wildman–Crippen MR) is 71.2 cm³/mol. The second-order valence-corrected chi connectivity index (χ2v) is 4.33. The summed E-state index contributed by atoms with van der Waals surface area (Å²) in [5.74, 6) is 0. The molecule has 3 aromatic rings. The van der Waals surface area contributed by atoms with E-state index in [1.807, 2.05) is 36.1 Å². The fourth-order valence-electron chi connectivity index (χ4n) is 2.27. The molecule has 2 aromatic heterocycles. The summed E-state index contributed by atoms with van der Waals surface area (Å²) < 4.78 is 7.58. The van der Waals surface area contributed by atoms with Gasteiger partial charge in [-0.05, 0) is 12.6 Å². The van der Waals surface area contributed by atoms with Crippen molar-refractivity contribution in [2.24, 2.45) is 12.8 Å². The monoisotopic (exact) mass is 241 g/mol. The Morgan fingerprint density at radius 3 is 3.00 bits per heavy atom. The lowest BCUT2D eigenvalue weighted by Gasteiger charge is -2.03. The van der Waals surface area contributed by atoms with Crippen LogP contribution in [0.3, 0.4) is 0 Å². The van der Waals surface area contributed by atoms with Crippen molar-refractivity contribution in [2.75, 3.05) is 6.54 Å². The first-order valence-corrected chi connectivity index (χ1v) is 5.98. The van der Waals surface area contributed by atoms with Crippen LogP contribution in [0, 0.1) is 0 Å². The lowest BCUT2D eigenvalue weighted by molar-refractivity contribution is 0.616. The number of nitrogens with two attached hydrogens (primary N) is 1. The number of aromatic nitrogens is 2. The summed E-state index contributed by atoms with van der Waals surface area (Å²) >= 11 is 0. The molecule has 0 aliphatic rings. The number of rotatable bonds is 3. The Labute approximate surface area is 105 Å². The lowest BCUT2D eigenvalue weighted by Crippen LogP contribution is -2.07. The molecular formula is C14H15N3O. The van der Waals surface area contributed by atoms with Gasteiger partial charge in [-0.3, -0.25) is 0 Å². The second-order valence-electron chi connectivity index (χ2n) is 4.33. The number of imidazole rings is 1. The molecule has 0 aliphatic heterocycles. The number of furan rings is 1. The third kappa shape index (κ3) is 1.62. The van der Waals surface area contributed by atoms with E-state index >= 15 is 0 Å². The number of nitrogens with zero attached hydrogens (tertiary/aromatic N) is 2. The fraction of sp³-hybridized carbons (Fsp3) is 0.214. The summed E-state index contributed by atoms with van der Waals surface area (Å²) in [5, 5.41) is 1.09. The first-order chi connectivity index (χ1) is 8.81. The average molecular weight is 241 g/mol. The molecule has 4 heteroatoms. The van der Waals surface area contributed by atoms with Crippen molar-refractivity contribution in [3.05, 3.63) is 42.5 Å². The number of benzene rings is 1. The highest BCUT2D eigenvalue weighted by atomic mass is 16.3. The molecule has 0 saturated carbocycles. The number of para-hydroxylation sites is 1. The molecule has 0 atom stereocenters. The molecule has 0 radical (unpaired) electrons. The molecule has 0 saturated heterocycles. The first-order valence-electron chi connectivity index (χ1n) is 5.98. The first kappa shape index (κ1) is 11.0. The second kappa shape index (κ2) is 4.31. The van der Waals surface area contributed by atoms with Gasteiger partial charge in [0.25, 0.3) is 0 Å². The molecule has 0 spiro atoms. The number of fused-ring (bicyclic) bond motifs is 1. The quantitative estimate of drug-likeness (QED) is 0.765. The molecule has 0 aliphatic carbocycles. The summed E-state index contributed by atoms with van der Waals surface area (Å²) in [7, 11) is 1.99. The van der Waals surface area contributed by atoms with Crippen molar-refractivity contribution in [1.29, 1.82) is 0 Å². The van der Waals surface area contributed by atoms with E-state index in [0.29, 0.717) is 6.54 Å². The van der Waals surface area contributed by atoms with Crippen molar-refractivity contribution in [1.82, 2.24) is 9.55 Å². The molecule has 3 rings (SSSR count). The van der Waals surface area contributed by atoms with Crippen molar-refractivity contribution in [3.63, 3.8) is 0 Å². The minimum Gasteiger partial charge on any atom is -0.464 e. The highest BCUT2D eigenvalue weighted by Gasteiger charge is 2.15. The molecular weight excluding hydrogens is 226 g/mol. The summed E-state index contributed by atoms with van der Waals surface area (Å²) in [6, 6.07) is 7.99. The van der Waals surface area contributed by atoms with Crippen LogP contribution >= 0.6 is 0 Å². The Bertz CT molecular complexity index is 681. The van der Waals surface area contributed by atoms with Gasteiger partial charge >= 0.3 is 0 Å². The van der Waals surface area contributed by atoms with Crippen LogP contribution in [0.1, 0.15) is 5.69 Å². The topological polar surface area (TPSA) is 57.0 Å². The smallest absolute Gasteiger partial charge is 0.134 e. The van der Waals surface area contributed by atoms with Crippen LogP contribution in [0.15, 0.2) is 41.3 Å². The molecule has 0 unspecified atom stereocenters. The minimum atomic E-state index is 0.613. The Hall–Kier alpha value is -2.07. The van der Waals surface area contributed by atoms with E-state index in [0.717, 1.165) is 34.3 Å². The summed E-state index contributed by atoms with van der Waals surface area (Å²) in [5.41, 5.74) is 9.69. The lowest BCUT2D eigenvalue weighted by atomic mass is 10.1. The van der Waals surface area contributed by atoms with E-state index in [1.165, 1.54) is 0 Å². The minimum absolute atomic E-state index is 0.613. The molecule has 0 amide bonds. The third-order valence-electron chi connectivity index (χ3n) is 3.18. The Morgan fingerprint density at radius 2 is 2.17 bits per heavy atom. The van der Waals surface area contributed by atoms with Crippen LogP contribution in [0.4, 0.5) is 0 Å². The summed E-state index contributed by atoms with van der Waals surface area (Å²) in [6.45, 7) is 0.613. The number of hydrogen-bond donors (Lipinski definition) is 1. The van der Waals surface area contributed by atoms with Crippen molar-refractivity contribution in [2.45, 2.75) is 6.42 Å². The zero-order chi connectivity index (χ0) is 12.5. The molecule has 0 bridgehead atoms. The van der Waals surface area contributed by atoms with Gasteiger partial charge in [0.1, 0.15) is 11.8 Å². The number of hydrogen-bond acceptors (Lipinski definition) is 3. The Kier molecular flexibility index (Phi) is 2.64. The summed E-state index contributed by atoms with van der Waals surface area (Å²) in [4.78, 5) is 4.47.